The Hall–Kier alpha value is -0.830. The highest BCUT2D eigenvalue weighted by molar-refractivity contribution is 7.07. The lowest BCUT2D eigenvalue weighted by Crippen LogP contribution is -2.31. The normalized spacial score (nSPS) is 9.30. The van der Waals surface area contributed by atoms with Crippen molar-refractivity contribution in [3.63, 3.8) is 0 Å². The third kappa shape index (κ3) is 1.36. The second kappa shape index (κ2) is 3.37. The summed E-state index contributed by atoms with van der Waals surface area (Å²) in [6.07, 6.45) is 1.84. The van der Waals surface area contributed by atoms with Crippen LogP contribution in [0.25, 0.3) is 0 Å². The summed E-state index contributed by atoms with van der Waals surface area (Å²) >= 11 is 1.62. The Kier molecular flexibility index (Phi) is 2.45. The monoisotopic (exact) mass is 156 g/mol. The third-order valence-corrected chi connectivity index (χ3v) is 1.89. The molecule has 1 heterocycles. The molecule has 0 saturated carbocycles. The van der Waals surface area contributed by atoms with Crippen LogP contribution in [0.15, 0.2) is 23.5 Å². The molecule has 0 aromatic carbocycles. The molecule has 0 amide bonds. The molecule has 0 atom stereocenters. The van der Waals surface area contributed by atoms with Gasteiger partial charge in [-0.15, -0.1) is 0 Å². The molecule has 0 aliphatic carbocycles. The number of rotatable bonds is 3. The van der Waals surface area contributed by atoms with Gasteiger partial charge >= 0.3 is 5.88 Å². The van der Waals surface area contributed by atoms with Crippen LogP contribution in [0, 0.1) is 0 Å². The average molecular weight is 156 g/mol. The molecular weight excluding hydrogens is 146 g/mol. The van der Waals surface area contributed by atoms with Crippen LogP contribution in [-0.2, 0) is 6.54 Å². The second-order valence-corrected chi connectivity index (χ2v) is 2.56. The Morgan fingerprint density at radius 3 is 3.30 bits per heavy atom. The lowest BCUT2D eigenvalue weighted by atomic mass is 10.6. The van der Waals surface area contributed by atoms with E-state index in [1.54, 1.807) is 18.4 Å². The summed E-state index contributed by atoms with van der Waals surface area (Å²) in [5.41, 5.74) is 2.00. The van der Waals surface area contributed by atoms with Crippen molar-refractivity contribution >= 4 is 11.3 Å². The van der Waals surface area contributed by atoms with Crippen LogP contribution in [0.5, 0.6) is 5.88 Å². The van der Waals surface area contributed by atoms with Gasteiger partial charge in [-0.05, 0) is 6.08 Å². The van der Waals surface area contributed by atoms with Gasteiger partial charge in [-0.1, -0.05) is 17.9 Å². The van der Waals surface area contributed by atoms with Crippen molar-refractivity contribution in [1.29, 1.82) is 0 Å². The van der Waals surface area contributed by atoms with Crippen LogP contribution >= 0.6 is 11.3 Å². The fourth-order valence-corrected chi connectivity index (χ4v) is 1.46. The maximum atomic E-state index is 5.06. The molecule has 1 aromatic heterocycles. The summed E-state index contributed by atoms with van der Waals surface area (Å²) in [7, 11) is 1.67. The fourth-order valence-electron chi connectivity index (χ4n) is 0.719. The van der Waals surface area contributed by atoms with Gasteiger partial charge in [0.2, 0.25) is 5.51 Å². The molecule has 0 spiro atoms. The molecule has 0 radical (unpaired) electrons. The van der Waals surface area contributed by atoms with Crippen molar-refractivity contribution in [2.24, 2.45) is 0 Å². The van der Waals surface area contributed by atoms with E-state index >= 15 is 0 Å². The van der Waals surface area contributed by atoms with Crippen molar-refractivity contribution in [1.82, 2.24) is 0 Å². The third-order valence-electron chi connectivity index (χ3n) is 1.17. The average Bonchev–Trinajstić information content (AvgIpc) is 2.36. The Labute approximate surface area is 64.4 Å². The first-order valence-electron chi connectivity index (χ1n) is 2.99. The van der Waals surface area contributed by atoms with E-state index in [-0.39, 0.29) is 0 Å². The molecular formula is C7H10NOS+. The van der Waals surface area contributed by atoms with Gasteiger partial charge in [-0.2, -0.15) is 4.57 Å². The predicted molar refractivity (Wildman–Crippen MR) is 41.3 cm³/mol. The van der Waals surface area contributed by atoms with Crippen LogP contribution in [0.4, 0.5) is 0 Å². The molecule has 0 aliphatic rings. The molecule has 54 valence electrons. The molecule has 0 unspecified atom stereocenters. The minimum atomic E-state index is 0.812. The SMILES string of the molecule is C=CC[n+]1cscc1OC. The molecule has 0 bridgehead atoms. The number of nitrogens with zero attached hydrogens (tertiary/aromatic N) is 1. The van der Waals surface area contributed by atoms with Crippen molar-refractivity contribution in [3.8, 4) is 5.88 Å². The lowest BCUT2D eigenvalue weighted by molar-refractivity contribution is -0.686. The van der Waals surface area contributed by atoms with E-state index in [0.717, 1.165) is 12.4 Å². The van der Waals surface area contributed by atoms with Gasteiger partial charge in [0.1, 0.15) is 5.38 Å². The Morgan fingerprint density at radius 2 is 2.70 bits per heavy atom. The standard InChI is InChI=1S/C7H10NOS/c1-3-4-8-6-10-5-7(8)9-2/h3,5-6H,1,4H2,2H3/q+1. The summed E-state index contributed by atoms with van der Waals surface area (Å²) < 4.78 is 7.06. The zero-order valence-corrected chi connectivity index (χ0v) is 6.73. The van der Waals surface area contributed by atoms with E-state index in [9.17, 15) is 0 Å². The lowest BCUT2D eigenvalue weighted by Gasteiger charge is -1.90. The Morgan fingerprint density at radius 1 is 1.90 bits per heavy atom. The summed E-state index contributed by atoms with van der Waals surface area (Å²) in [4.78, 5) is 0. The van der Waals surface area contributed by atoms with Crippen LogP contribution in [-0.4, -0.2) is 7.11 Å². The molecule has 0 aliphatic heterocycles. The van der Waals surface area contributed by atoms with Crippen molar-refractivity contribution < 1.29 is 9.30 Å². The highest BCUT2D eigenvalue weighted by Gasteiger charge is 2.08. The van der Waals surface area contributed by atoms with E-state index in [0.29, 0.717) is 0 Å². The predicted octanol–water partition coefficient (Wildman–Crippen LogP) is 1.23. The molecule has 0 fully saturated rings. The largest absolute Gasteiger partial charge is 0.447 e. The molecule has 0 N–H and O–H groups in total. The zero-order valence-electron chi connectivity index (χ0n) is 5.91. The number of aromatic nitrogens is 1. The van der Waals surface area contributed by atoms with Crippen molar-refractivity contribution in [3.05, 3.63) is 23.5 Å². The first-order chi connectivity index (χ1) is 4.88. The summed E-state index contributed by atoms with van der Waals surface area (Å²) in [6, 6.07) is 0. The molecule has 1 rings (SSSR count). The van der Waals surface area contributed by atoms with Gasteiger partial charge in [0.05, 0.1) is 7.11 Å². The first-order valence-corrected chi connectivity index (χ1v) is 3.93. The summed E-state index contributed by atoms with van der Waals surface area (Å²) in [5, 5.41) is 1.96. The Balaban J connectivity index is 2.79. The fraction of sp³-hybridized carbons (Fsp3) is 0.286. The van der Waals surface area contributed by atoms with Gasteiger partial charge in [-0.25, -0.2) is 0 Å². The zero-order chi connectivity index (χ0) is 7.40. The second-order valence-electron chi connectivity index (χ2n) is 1.84. The van der Waals surface area contributed by atoms with Gasteiger partial charge < -0.3 is 4.74 Å². The van der Waals surface area contributed by atoms with Crippen LogP contribution in [0.1, 0.15) is 0 Å². The van der Waals surface area contributed by atoms with E-state index in [2.05, 4.69) is 6.58 Å². The summed E-state index contributed by atoms with van der Waals surface area (Å²) in [6.45, 7) is 4.45. The summed E-state index contributed by atoms with van der Waals surface area (Å²) in [5.74, 6) is 0.893. The van der Waals surface area contributed by atoms with Crippen molar-refractivity contribution in [2.45, 2.75) is 6.54 Å². The van der Waals surface area contributed by atoms with Gasteiger partial charge in [0.15, 0.2) is 6.54 Å². The van der Waals surface area contributed by atoms with Crippen LogP contribution in [0.3, 0.4) is 0 Å². The number of methoxy groups -OCH3 is 1. The highest BCUT2D eigenvalue weighted by Crippen LogP contribution is 2.06. The van der Waals surface area contributed by atoms with Gasteiger partial charge in [-0.3, -0.25) is 0 Å². The number of hydrogen-bond acceptors (Lipinski definition) is 2. The number of hydrogen-bond donors (Lipinski definition) is 0. The Bertz CT molecular complexity index is 219. The molecule has 0 saturated heterocycles. The number of allylic oxidation sites excluding steroid dienone is 1. The van der Waals surface area contributed by atoms with Crippen molar-refractivity contribution in [2.75, 3.05) is 7.11 Å². The minimum absolute atomic E-state index is 0.812. The van der Waals surface area contributed by atoms with Crippen LogP contribution < -0.4 is 9.30 Å². The quantitative estimate of drug-likeness (QED) is 0.474. The minimum Gasteiger partial charge on any atom is -0.447 e. The van der Waals surface area contributed by atoms with Gasteiger partial charge in [0.25, 0.3) is 0 Å². The maximum absolute atomic E-state index is 5.06. The van der Waals surface area contributed by atoms with Crippen LogP contribution in [0.2, 0.25) is 0 Å². The maximum Gasteiger partial charge on any atom is 0.378 e. The topological polar surface area (TPSA) is 13.1 Å². The molecule has 2 nitrogen and oxygen atoms in total. The van der Waals surface area contributed by atoms with E-state index < -0.39 is 0 Å². The smallest absolute Gasteiger partial charge is 0.378 e. The molecule has 10 heavy (non-hydrogen) atoms. The molecule has 3 heteroatoms. The number of thiazole rings is 1. The number of ether oxygens (including phenoxy) is 1. The van der Waals surface area contributed by atoms with E-state index in [1.165, 1.54) is 0 Å². The van der Waals surface area contributed by atoms with E-state index in [1.807, 2.05) is 21.5 Å². The molecule has 1 aromatic rings. The first kappa shape index (κ1) is 7.28. The van der Waals surface area contributed by atoms with Gasteiger partial charge in [0, 0.05) is 0 Å². The highest BCUT2D eigenvalue weighted by atomic mass is 32.1. The van der Waals surface area contributed by atoms with E-state index in [4.69, 9.17) is 4.74 Å².